The van der Waals surface area contributed by atoms with Crippen LogP contribution < -0.4 is 10.2 Å². The molecule has 2 aromatic carbocycles. The molecule has 1 saturated heterocycles. The van der Waals surface area contributed by atoms with E-state index in [0.29, 0.717) is 5.17 Å². The standard InChI is InChI=1S/C21H23N3O3S2/c1-14-8-15(2)10-17(9-14)24(11-20(25)22-16-6-4-3-5-7-16)21-23-18-12-29(26,27)13-19(18)28-21/h3-10,18-19H,11-13H2,1-2H3,(H,22,25)/t18-,19+/m0/s1. The third-order valence-corrected chi connectivity index (χ3v) is 8.16. The van der Waals surface area contributed by atoms with Crippen molar-refractivity contribution in [3.8, 4) is 0 Å². The molecule has 0 radical (unpaired) electrons. The zero-order chi connectivity index (χ0) is 20.6. The summed E-state index contributed by atoms with van der Waals surface area (Å²) in [6, 6.07) is 15.2. The maximum Gasteiger partial charge on any atom is 0.244 e. The van der Waals surface area contributed by atoms with Gasteiger partial charge >= 0.3 is 0 Å². The number of benzene rings is 2. The van der Waals surface area contributed by atoms with Gasteiger partial charge < -0.3 is 10.2 Å². The predicted octanol–water partition coefficient (Wildman–Crippen LogP) is 3.02. The van der Waals surface area contributed by atoms with Crippen LogP contribution in [0.1, 0.15) is 11.1 Å². The molecule has 6 nitrogen and oxygen atoms in total. The molecular weight excluding hydrogens is 406 g/mol. The number of nitrogens with zero attached hydrogens (tertiary/aromatic N) is 2. The summed E-state index contributed by atoms with van der Waals surface area (Å²) in [7, 11) is -3.02. The number of amidine groups is 1. The smallest absolute Gasteiger partial charge is 0.244 e. The zero-order valence-electron chi connectivity index (χ0n) is 16.3. The van der Waals surface area contributed by atoms with Crippen molar-refractivity contribution in [2.24, 2.45) is 4.99 Å². The number of anilines is 2. The molecule has 1 amide bonds. The number of para-hydroxylation sites is 1. The second-order valence-electron chi connectivity index (χ2n) is 7.56. The molecule has 0 spiro atoms. The van der Waals surface area contributed by atoms with Crippen LogP contribution in [0.25, 0.3) is 0 Å². The molecule has 2 aliphatic rings. The van der Waals surface area contributed by atoms with Gasteiger partial charge in [0.05, 0.1) is 17.5 Å². The Balaban J connectivity index is 1.61. The summed E-state index contributed by atoms with van der Waals surface area (Å²) in [5.41, 5.74) is 3.82. The summed E-state index contributed by atoms with van der Waals surface area (Å²) in [5, 5.41) is 3.56. The van der Waals surface area contributed by atoms with E-state index in [2.05, 4.69) is 16.4 Å². The Kier molecular flexibility index (Phi) is 5.40. The van der Waals surface area contributed by atoms with Gasteiger partial charge in [-0.05, 0) is 49.2 Å². The van der Waals surface area contributed by atoms with Crippen LogP contribution in [0.15, 0.2) is 53.5 Å². The number of amides is 1. The molecule has 4 rings (SSSR count). The Morgan fingerprint density at radius 1 is 1.14 bits per heavy atom. The van der Waals surface area contributed by atoms with Gasteiger partial charge in [-0.2, -0.15) is 0 Å². The van der Waals surface area contributed by atoms with E-state index in [0.717, 1.165) is 22.5 Å². The number of aliphatic imine (C=N–C) groups is 1. The number of thioether (sulfide) groups is 1. The first-order chi connectivity index (χ1) is 13.8. The van der Waals surface area contributed by atoms with Crippen molar-refractivity contribution in [1.29, 1.82) is 0 Å². The average Bonchev–Trinajstić information content (AvgIpc) is 3.13. The van der Waals surface area contributed by atoms with Gasteiger partial charge in [-0.1, -0.05) is 36.0 Å². The highest BCUT2D eigenvalue weighted by molar-refractivity contribution is 8.15. The number of aryl methyl sites for hydroxylation is 2. The van der Waals surface area contributed by atoms with Crippen molar-refractivity contribution in [3.63, 3.8) is 0 Å². The highest BCUT2D eigenvalue weighted by Gasteiger charge is 2.44. The number of carbonyl (C=O) groups is 1. The number of sulfone groups is 1. The fraction of sp³-hybridized carbons (Fsp3) is 0.333. The van der Waals surface area contributed by atoms with Crippen LogP contribution in [0, 0.1) is 13.8 Å². The predicted molar refractivity (Wildman–Crippen MR) is 120 cm³/mol. The minimum atomic E-state index is -3.02. The number of rotatable bonds is 4. The van der Waals surface area contributed by atoms with Crippen molar-refractivity contribution < 1.29 is 13.2 Å². The van der Waals surface area contributed by atoms with Crippen molar-refractivity contribution in [2.75, 3.05) is 28.3 Å². The van der Waals surface area contributed by atoms with Gasteiger partial charge in [0, 0.05) is 16.6 Å². The summed E-state index contributed by atoms with van der Waals surface area (Å²) in [6.45, 7) is 4.14. The van der Waals surface area contributed by atoms with E-state index in [1.54, 1.807) is 0 Å². The SMILES string of the molecule is Cc1cc(C)cc(N(CC(=O)Nc2ccccc2)C2=N[C@H]3CS(=O)(=O)C[C@H]3S2)c1. The molecule has 0 unspecified atom stereocenters. The van der Waals surface area contributed by atoms with Crippen molar-refractivity contribution in [3.05, 3.63) is 59.7 Å². The second-order valence-corrected chi connectivity index (χ2v) is 10.9. The molecule has 0 aliphatic carbocycles. The van der Waals surface area contributed by atoms with E-state index in [4.69, 9.17) is 0 Å². The van der Waals surface area contributed by atoms with Crippen LogP contribution in [-0.2, 0) is 14.6 Å². The third-order valence-electron chi connectivity index (χ3n) is 4.91. The molecule has 1 N–H and O–H groups in total. The fourth-order valence-corrected chi connectivity index (χ4v) is 7.49. The normalized spacial score (nSPS) is 22.1. The van der Waals surface area contributed by atoms with Crippen LogP contribution in [0.2, 0.25) is 0 Å². The molecule has 0 bridgehead atoms. The highest BCUT2D eigenvalue weighted by Crippen LogP contribution is 2.37. The van der Waals surface area contributed by atoms with Crippen LogP contribution in [0.4, 0.5) is 11.4 Å². The first kappa shape index (κ1) is 20.0. The lowest BCUT2D eigenvalue weighted by Gasteiger charge is -2.25. The van der Waals surface area contributed by atoms with Crippen LogP contribution in [0.3, 0.4) is 0 Å². The molecule has 2 atom stereocenters. The summed E-state index contributed by atoms with van der Waals surface area (Å²) in [6.07, 6.45) is 0. The minimum absolute atomic E-state index is 0.0689. The Labute approximate surface area is 175 Å². The molecule has 0 aromatic heterocycles. The van der Waals surface area contributed by atoms with Gasteiger partial charge in [0.1, 0.15) is 6.54 Å². The topological polar surface area (TPSA) is 78.8 Å². The number of hydrogen-bond donors (Lipinski definition) is 1. The van der Waals surface area contributed by atoms with Crippen molar-refractivity contribution in [2.45, 2.75) is 25.1 Å². The van der Waals surface area contributed by atoms with E-state index >= 15 is 0 Å². The van der Waals surface area contributed by atoms with Gasteiger partial charge in [0.2, 0.25) is 5.91 Å². The van der Waals surface area contributed by atoms with Gasteiger partial charge in [0.15, 0.2) is 15.0 Å². The van der Waals surface area contributed by atoms with Crippen molar-refractivity contribution >= 4 is 44.0 Å². The van der Waals surface area contributed by atoms with Gasteiger partial charge in [-0.3, -0.25) is 9.79 Å². The molecule has 0 saturated carbocycles. The van der Waals surface area contributed by atoms with Crippen LogP contribution >= 0.6 is 11.8 Å². The molecular formula is C21H23N3O3S2. The van der Waals surface area contributed by atoms with Gasteiger partial charge in [-0.25, -0.2) is 8.42 Å². The summed E-state index contributed by atoms with van der Waals surface area (Å²) >= 11 is 1.46. The van der Waals surface area contributed by atoms with E-state index in [-0.39, 0.29) is 35.2 Å². The Morgan fingerprint density at radius 2 is 1.83 bits per heavy atom. The highest BCUT2D eigenvalue weighted by atomic mass is 32.2. The lowest BCUT2D eigenvalue weighted by Crippen LogP contribution is -2.36. The molecule has 152 valence electrons. The summed E-state index contributed by atoms with van der Waals surface area (Å²) < 4.78 is 23.8. The Hall–Kier alpha value is -2.32. The second kappa shape index (κ2) is 7.84. The Bertz CT molecular complexity index is 1050. The number of hydrogen-bond acceptors (Lipinski definition) is 6. The number of nitrogens with one attached hydrogen (secondary N) is 1. The average molecular weight is 430 g/mol. The Morgan fingerprint density at radius 3 is 2.48 bits per heavy atom. The molecule has 1 fully saturated rings. The molecule has 2 heterocycles. The summed E-state index contributed by atoms with van der Waals surface area (Å²) in [5.74, 6) is 0.0837. The third kappa shape index (κ3) is 4.64. The van der Waals surface area contributed by atoms with Gasteiger partial charge in [-0.15, -0.1) is 0 Å². The van der Waals surface area contributed by atoms with Crippen molar-refractivity contribution in [1.82, 2.24) is 0 Å². The van der Waals surface area contributed by atoms with E-state index in [9.17, 15) is 13.2 Å². The van der Waals surface area contributed by atoms with E-state index in [1.165, 1.54) is 11.8 Å². The largest absolute Gasteiger partial charge is 0.325 e. The lowest BCUT2D eigenvalue weighted by atomic mass is 10.1. The minimum Gasteiger partial charge on any atom is -0.325 e. The fourth-order valence-electron chi connectivity index (χ4n) is 3.71. The molecule has 2 aliphatic heterocycles. The lowest BCUT2D eigenvalue weighted by molar-refractivity contribution is -0.114. The quantitative estimate of drug-likeness (QED) is 0.808. The van der Waals surface area contributed by atoms with Crippen LogP contribution in [-0.4, -0.2) is 48.8 Å². The molecule has 2 aromatic rings. The summed E-state index contributed by atoms with van der Waals surface area (Å²) in [4.78, 5) is 19.3. The maximum absolute atomic E-state index is 12.8. The maximum atomic E-state index is 12.8. The molecule has 8 heteroatoms. The number of carbonyl (C=O) groups excluding carboxylic acids is 1. The van der Waals surface area contributed by atoms with E-state index < -0.39 is 9.84 Å². The molecule has 29 heavy (non-hydrogen) atoms. The van der Waals surface area contributed by atoms with Gasteiger partial charge in [0.25, 0.3) is 0 Å². The van der Waals surface area contributed by atoms with Crippen LogP contribution in [0.5, 0.6) is 0 Å². The first-order valence-electron chi connectivity index (χ1n) is 9.45. The number of fused-ring (bicyclic) bond motifs is 1. The monoisotopic (exact) mass is 429 g/mol. The first-order valence-corrected chi connectivity index (χ1v) is 12.1. The zero-order valence-corrected chi connectivity index (χ0v) is 18.0. The van der Waals surface area contributed by atoms with E-state index in [1.807, 2.05) is 61.2 Å².